The van der Waals surface area contributed by atoms with Crippen LogP contribution in [0.25, 0.3) is 0 Å². The highest BCUT2D eigenvalue weighted by Gasteiger charge is 2.50. The quantitative estimate of drug-likeness (QED) is 0.154. The predicted molar refractivity (Wildman–Crippen MR) is 144 cm³/mol. The molecule has 4 aliphatic heterocycles. The monoisotopic (exact) mass is 596 g/mol. The Labute approximate surface area is 234 Å². The second kappa shape index (κ2) is 12.6. The molecule has 1 aromatic heterocycles. The normalized spacial score (nSPS) is 23.4. The Kier molecular flexibility index (Phi) is 9.26. The first-order valence-corrected chi connectivity index (χ1v) is 14.3. The zero-order valence-corrected chi connectivity index (χ0v) is 23.1. The Morgan fingerprint density at radius 3 is 2.74 bits per heavy atom. The molecule has 39 heavy (non-hydrogen) atoms. The summed E-state index contributed by atoms with van der Waals surface area (Å²) < 4.78 is 5.09. The Morgan fingerprint density at radius 2 is 2.10 bits per heavy atom. The number of nitrogens with zero attached hydrogens (tertiary/aromatic N) is 4. The second-order valence-corrected chi connectivity index (χ2v) is 11.4. The maximum absolute atomic E-state index is 12.6. The zero-order chi connectivity index (χ0) is 28.1. The molecular weight excluding hydrogens is 572 g/mol. The summed E-state index contributed by atoms with van der Waals surface area (Å²) in [6.45, 7) is 0.464. The molecule has 5 rings (SSSR count). The summed E-state index contributed by atoms with van der Waals surface area (Å²) in [6, 6.07) is -0.656. The molecule has 17 heteroatoms. The van der Waals surface area contributed by atoms with Gasteiger partial charge in [0.05, 0.1) is 18.4 Å². The minimum absolute atomic E-state index is 0.0737. The van der Waals surface area contributed by atoms with Gasteiger partial charge in [-0.1, -0.05) is 5.16 Å². The van der Waals surface area contributed by atoms with E-state index in [0.717, 1.165) is 22.7 Å². The maximum atomic E-state index is 12.6. The van der Waals surface area contributed by atoms with Crippen LogP contribution < -0.4 is 10.6 Å². The number of aliphatic carboxylic acids is 1. The molecule has 1 aromatic rings. The number of ether oxygens (including phenoxy) is 1. The molecule has 4 aliphatic rings. The number of oxime groups is 1. The summed E-state index contributed by atoms with van der Waals surface area (Å²) in [5, 5.41) is 19.3. The summed E-state index contributed by atoms with van der Waals surface area (Å²) in [7, 11) is 2.91. The standard InChI is InChI=1S/C15H17N5O5S2.C7H7NO3S/c1-24-4-8-3-20-13(23)11(14(20)26-5-8)18-12(22)10(19-25-2)9-6-27-15(17-9)16-7-21;9-5-3-6-8(5)4(7(10)11)1-2-12-6/h3,6-7,11,14H,4-5H2,1-2H3,(H,18,22)(H,16,17,21);1,6H,2-3H2,(H,10,11)/t11?,14-;6-/m00/s1. The summed E-state index contributed by atoms with van der Waals surface area (Å²) in [5.41, 5.74) is 1.33. The number of carbonyl (C=O) groups is 5. The van der Waals surface area contributed by atoms with Gasteiger partial charge in [-0.15, -0.1) is 34.9 Å². The van der Waals surface area contributed by atoms with E-state index in [2.05, 4.69) is 20.8 Å². The highest BCUT2D eigenvalue weighted by Crippen LogP contribution is 2.37. The van der Waals surface area contributed by atoms with Crippen molar-refractivity contribution in [2.24, 2.45) is 5.16 Å². The fourth-order valence-electron chi connectivity index (χ4n) is 3.97. The minimum Gasteiger partial charge on any atom is -0.477 e. The molecule has 0 aliphatic carbocycles. The van der Waals surface area contributed by atoms with E-state index in [1.165, 1.54) is 12.0 Å². The van der Waals surface area contributed by atoms with Gasteiger partial charge in [-0.3, -0.25) is 24.1 Å². The number of rotatable bonds is 9. The summed E-state index contributed by atoms with van der Waals surface area (Å²) in [4.78, 5) is 68.9. The van der Waals surface area contributed by atoms with Gasteiger partial charge >= 0.3 is 5.97 Å². The fraction of sp³-hybridized carbons (Fsp3) is 0.409. The van der Waals surface area contributed by atoms with Crippen LogP contribution in [0, 0.1) is 0 Å². The van der Waals surface area contributed by atoms with Crippen molar-refractivity contribution < 1.29 is 38.7 Å². The van der Waals surface area contributed by atoms with E-state index in [9.17, 15) is 24.0 Å². The third-order valence-electron chi connectivity index (χ3n) is 5.73. The molecule has 0 spiro atoms. The number of anilines is 1. The number of carboxylic acid groups (broad SMARTS) is 1. The molecule has 0 aromatic carbocycles. The molecule has 5 heterocycles. The lowest BCUT2D eigenvalue weighted by molar-refractivity contribution is -0.146. The largest absolute Gasteiger partial charge is 0.477 e. The molecule has 2 saturated heterocycles. The highest BCUT2D eigenvalue weighted by molar-refractivity contribution is 8.00. The molecule has 3 N–H and O–H groups in total. The molecule has 3 atom stereocenters. The van der Waals surface area contributed by atoms with Gasteiger partial charge in [-0.25, -0.2) is 9.78 Å². The Hall–Kier alpha value is -3.41. The van der Waals surface area contributed by atoms with Crippen LogP contribution in [0.5, 0.6) is 0 Å². The van der Waals surface area contributed by atoms with E-state index >= 15 is 0 Å². The van der Waals surface area contributed by atoms with Crippen molar-refractivity contribution in [3.63, 3.8) is 0 Å². The van der Waals surface area contributed by atoms with Gasteiger partial charge in [0.15, 0.2) is 10.8 Å². The van der Waals surface area contributed by atoms with E-state index in [4.69, 9.17) is 14.7 Å². The van der Waals surface area contributed by atoms with Gasteiger partial charge < -0.3 is 30.2 Å². The summed E-state index contributed by atoms with van der Waals surface area (Å²) >= 11 is 4.30. The molecule has 2 fully saturated rings. The third-order valence-corrected chi connectivity index (χ3v) is 9.01. The van der Waals surface area contributed by atoms with E-state index in [1.54, 1.807) is 53.2 Å². The molecule has 1 unspecified atom stereocenters. The number of aromatic nitrogens is 1. The maximum Gasteiger partial charge on any atom is 0.352 e. The van der Waals surface area contributed by atoms with Gasteiger partial charge in [0.25, 0.3) is 11.8 Å². The van der Waals surface area contributed by atoms with Crippen molar-refractivity contribution in [3.05, 3.63) is 34.6 Å². The summed E-state index contributed by atoms with van der Waals surface area (Å²) in [6.07, 6.45) is 4.33. The van der Waals surface area contributed by atoms with Crippen LogP contribution in [0.3, 0.4) is 0 Å². The SMILES string of the molecule is COCC1=CN2C(=O)C(NC(=O)C(=NOC)c3csc(NC=O)n3)[C@@H]2SC1.O=C(O)C1=CCS[C@H]2CC(=O)N12. The Balaban J connectivity index is 0.000000243. The Morgan fingerprint density at radius 1 is 1.31 bits per heavy atom. The van der Waals surface area contributed by atoms with Gasteiger partial charge in [-0.05, 0) is 11.6 Å². The number of nitrogens with one attached hydrogen (secondary N) is 2. The fourth-order valence-corrected chi connectivity index (χ4v) is 6.98. The van der Waals surface area contributed by atoms with Crippen molar-refractivity contribution in [1.29, 1.82) is 0 Å². The highest BCUT2D eigenvalue weighted by atomic mass is 32.2. The van der Waals surface area contributed by atoms with Crippen molar-refractivity contribution in [1.82, 2.24) is 20.1 Å². The van der Waals surface area contributed by atoms with Crippen LogP contribution in [-0.2, 0) is 33.5 Å². The van der Waals surface area contributed by atoms with Crippen LogP contribution >= 0.6 is 34.9 Å². The molecular formula is C22H24N6O8S3. The molecule has 0 saturated carbocycles. The average Bonchev–Trinajstić information content (AvgIpc) is 3.38. The molecule has 0 bridgehead atoms. The van der Waals surface area contributed by atoms with Crippen LogP contribution in [0.4, 0.5) is 5.13 Å². The smallest absolute Gasteiger partial charge is 0.352 e. The minimum atomic E-state index is -1.01. The number of carboxylic acids is 1. The lowest BCUT2D eigenvalue weighted by atomic mass is 10.1. The first-order chi connectivity index (χ1) is 18.8. The molecule has 208 valence electrons. The topological polar surface area (TPSA) is 180 Å². The Bertz CT molecular complexity index is 1260. The van der Waals surface area contributed by atoms with Gasteiger partial charge in [0, 0.05) is 30.2 Å². The number of β-lactam (4-membered cyclic amide) rings is 2. The summed E-state index contributed by atoms with van der Waals surface area (Å²) in [5.74, 6) is -0.455. The third kappa shape index (κ3) is 6.10. The number of carbonyl (C=O) groups excluding carboxylic acids is 4. The number of amides is 4. The first-order valence-electron chi connectivity index (χ1n) is 11.4. The molecule has 0 radical (unpaired) electrons. The van der Waals surface area contributed by atoms with Crippen LogP contribution in [-0.4, -0.2) is 105 Å². The van der Waals surface area contributed by atoms with Crippen LogP contribution in [0.15, 0.2) is 34.1 Å². The van der Waals surface area contributed by atoms with E-state index in [-0.39, 0.29) is 39.7 Å². The van der Waals surface area contributed by atoms with Gasteiger partial charge in [0.1, 0.15) is 29.9 Å². The first kappa shape index (κ1) is 28.6. The number of hydrogen-bond acceptors (Lipinski definition) is 12. The number of thioether (sulfide) groups is 2. The molecule has 4 amide bonds. The van der Waals surface area contributed by atoms with Gasteiger partial charge in [-0.2, -0.15) is 0 Å². The van der Waals surface area contributed by atoms with Crippen molar-refractivity contribution >= 4 is 75.8 Å². The number of thiazole rings is 1. The van der Waals surface area contributed by atoms with E-state index < -0.39 is 17.9 Å². The van der Waals surface area contributed by atoms with E-state index in [0.29, 0.717) is 30.3 Å². The number of fused-ring (bicyclic) bond motifs is 2. The van der Waals surface area contributed by atoms with Crippen molar-refractivity contribution in [3.8, 4) is 0 Å². The van der Waals surface area contributed by atoms with Crippen LogP contribution in [0.2, 0.25) is 0 Å². The number of hydrogen-bond donors (Lipinski definition) is 3. The van der Waals surface area contributed by atoms with E-state index in [1.807, 2.05) is 0 Å². The zero-order valence-electron chi connectivity index (χ0n) is 20.7. The molecule has 14 nitrogen and oxygen atoms in total. The second-order valence-electron chi connectivity index (χ2n) is 8.19. The lowest BCUT2D eigenvalue weighted by Gasteiger charge is -2.47. The predicted octanol–water partition coefficient (Wildman–Crippen LogP) is 0.252. The number of methoxy groups -OCH3 is 1. The van der Waals surface area contributed by atoms with Crippen molar-refractivity contribution in [2.45, 2.75) is 23.2 Å². The van der Waals surface area contributed by atoms with Crippen LogP contribution in [0.1, 0.15) is 12.1 Å². The van der Waals surface area contributed by atoms with Crippen molar-refractivity contribution in [2.75, 3.05) is 37.6 Å². The average molecular weight is 597 g/mol. The van der Waals surface area contributed by atoms with Gasteiger partial charge in [0.2, 0.25) is 12.3 Å². The lowest BCUT2D eigenvalue weighted by Crippen LogP contribution is -2.69.